The summed E-state index contributed by atoms with van der Waals surface area (Å²) in [4.78, 5) is 10.3. The van der Waals surface area contributed by atoms with Crippen molar-refractivity contribution in [2.24, 2.45) is 11.8 Å². The van der Waals surface area contributed by atoms with Crippen LogP contribution in [0.1, 0.15) is 59.3 Å². The van der Waals surface area contributed by atoms with Crippen LogP contribution < -0.4 is 10.2 Å². The van der Waals surface area contributed by atoms with Crippen molar-refractivity contribution in [3.63, 3.8) is 0 Å². The molecule has 3 atom stereocenters. The molecule has 1 aromatic rings. The van der Waals surface area contributed by atoms with Crippen molar-refractivity contribution in [2.75, 3.05) is 36.5 Å². The van der Waals surface area contributed by atoms with E-state index >= 15 is 4.39 Å². The van der Waals surface area contributed by atoms with Gasteiger partial charge in [-0.3, -0.25) is 0 Å². The Morgan fingerprint density at radius 3 is 2.75 bits per heavy atom. The van der Waals surface area contributed by atoms with E-state index in [0.717, 1.165) is 45.1 Å². The minimum atomic E-state index is -0.410. The molecular weight excluding hydrogens is 359 g/mol. The quantitative estimate of drug-likeness (QED) is 0.736. The summed E-state index contributed by atoms with van der Waals surface area (Å²) >= 11 is 0. The molecule has 1 aliphatic heterocycles. The Bertz CT molecular complexity index is 633. The molecule has 6 nitrogen and oxygen atoms in total. The molecule has 1 saturated carbocycles. The van der Waals surface area contributed by atoms with Crippen LogP contribution in [0.4, 0.5) is 16.0 Å². The highest BCUT2D eigenvalue weighted by Crippen LogP contribution is 2.30. The number of anilines is 2. The Kier molecular flexibility index (Phi) is 7.10. The smallest absolute Gasteiger partial charge is 0.207 e. The Balaban J connectivity index is 1.63. The molecule has 2 N–H and O–H groups in total. The summed E-state index contributed by atoms with van der Waals surface area (Å²) < 4.78 is 21.1. The van der Waals surface area contributed by atoms with E-state index in [0.29, 0.717) is 31.4 Å². The van der Waals surface area contributed by atoms with Crippen LogP contribution >= 0.6 is 0 Å². The minimum Gasteiger partial charge on any atom is -0.393 e. The largest absolute Gasteiger partial charge is 0.393 e. The van der Waals surface area contributed by atoms with Gasteiger partial charge in [0.25, 0.3) is 0 Å². The molecule has 1 saturated heterocycles. The van der Waals surface area contributed by atoms with Gasteiger partial charge in [-0.1, -0.05) is 12.8 Å². The van der Waals surface area contributed by atoms with Gasteiger partial charge in [0.1, 0.15) is 6.33 Å². The lowest BCUT2D eigenvalue weighted by Crippen LogP contribution is -2.40. The Hall–Kier alpha value is -1.47. The molecule has 0 radical (unpaired) electrons. The number of rotatable bonds is 7. The van der Waals surface area contributed by atoms with Gasteiger partial charge in [0, 0.05) is 25.6 Å². The number of halogens is 1. The third kappa shape index (κ3) is 5.32. The Labute approximate surface area is 167 Å². The first kappa shape index (κ1) is 21.2. The first-order valence-electron chi connectivity index (χ1n) is 10.7. The average Bonchev–Trinajstić information content (AvgIpc) is 2.68. The number of nitrogens with zero attached hydrogens (tertiary/aromatic N) is 3. The van der Waals surface area contributed by atoms with Crippen LogP contribution in [0.25, 0.3) is 0 Å². The van der Waals surface area contributed by atoms with Crippen molar-refractivity contribution < 1.29 is 14.2 Å². The lowest BCUT2D eigenvalue weighted by atomic mass is 9.86. The van der Waals surface area contributed by atoms with Crippen molar-refractivity contribution in [2.45, 2.75) is 71.0 Å². The van der Waals surface area contributed by atoms with E-state index in [2.05, 4.69) is 29.1 Å². The van der Waals surface area contributed by atoms with Gasteiger partial charge in [0.2, 0.25) is 5.82 Å². The zero-order valence-electron chi connectivity index (χ0n) is 17.5. The van der Waals surface area contributed by atoms with E-state index in [4.69, 9.17) is 4.74 Å². The van der Waals surface area contributed by atoms with Crippen LogP contribution in [-0.2, 0) is 4.74 Å². The Morgan fingerprint density at radius 1 is 1.29 bits per heavy atom. The monoisotopic (exact) mass is 394 g/mol. The van der Waals surface area contributed by atoms with Crippen LogP contribution in [0.3, 0.4) is 0 Å². The highest BCUT2D eigenvalue weighted by molar-refractivity contribution is 5.50. The molecule has 2 heterocycles. The van der Waals surface area contributed by atoms with E-state index < -0.39 is 5.82 Å². The molecule has 3 rings (SSSR count). The van der Waals surface area contributed by atoms with Crippen molar-refractivity contribution in [1.82, 2.24) is 9.97 Å². The SMILES string of the molecule is CCN(C[C@H]1CCC(C)(C)OC1)c1ncnc(NC[C@@H]2CCCC[C@H]2O)c1F. The lowest BCUT2D eigenvalue weighted by molar-refractivity contribution is -0.0747. The second-order valence-corrected chi connectivity index (χ2v) is 8.87. The summed E-state index contributed by atoms with van der Waals surface area (Å²) in [5.74, 6) is 0.677. The first-order valence-corrected chi connectivity index (χ1v) is 10.7. The fourth-order valence-electron chi connectivity index (χ4n) is 4.23. The third-order valence-corrected chi connectivity index (χ3v) is 6.20. The van der Waals surface area contributed by atoms with E-state index in [-0.39, 0.29) is 23.4 Å². The molecule has 2 aliphatic rings. The average molecular weight is 395 g/mol. The summed E-state index contributed by atoms with van der Waals surface area (Å²) in [5.41, 5.74) is -0.0610. The minimum absolute atomic E-state index is 0.0610. The van der Waals surface area contributed by atoms with Crippen LogP contribution in [0.2, 0.25) is 0 Å². The van der Waals surface area contributed by atoms with E-state index in [1.807, 2.05) is 11.8 Å². The van der Waals surface area contributed by atoms with Crippen molar-refractivity contribution in [3.05, 3.63) is 12.1 Å². The van der Waals surface area contributed by atoms with Crippen molar-refractivity contribution in [1.29, 1.82) is 0 Å². The van der Waals surface area contributed by atoms with Crippen molar-refractivity contribution in [3.8, 4) is 0 Å². The van der Waals surface area contributed by atoms with E-state index in [9.17, 15) is 5.11 Å². The normalized spacial score (nSPS) is 27.4. The topological polar surface area (TPSA) is 70.5 Å². The number of hydrogen-bond acceptors (Lipinski definition) is 6. The zero-order valence-corrected chi connectivity index (χ0v) is 17.5. The lowest BCUT2D eigenvalue weighted by Gasteiger charge is -2.37. The third-order valence-electron chi connectivity index (χ3n) is 6.20. The predicted molar refractivity (Wildman–Crippen MR) is 109 cm³/mol. The maximum absolute atomic E-state index is 15.1. The summed E-state index contributed by atoms with van der Waals surface area (Å²) in [5, 5.41) is 13.2. The van der Waals surface area contributed by atoms with Gasteiger partial charge < -0.3 is 20.1 Å². The number of aliphatic hydroxyl groups excluding tert-OH is 1. The number of nitrogens with one attached hydrogen (secondary N) is 1. The molecule has 0 spiro atoms. The molecule has 0 aromatic carbocycles. The molecular formula is C21H35FN4O2. The Morgan fingerprint density at radius 2 is 2.07 bits per heavy atom. The second-order valence-electron chi connectivity index (χ2n) is 8.87. The van der Waals surface area contributed by atoms with Gasteiger partial charge in [-0.15, -0.1) is 0 Å². The molecule has 7 heteroatoms. The summed E-state index contributed by atoms with van der Waals surface area (Å²) in [6, 6.07) is 0. The van der Waals surface area contributed by atoms with Gasteiger partial charge in [-0.25, -0.2) is 9.97 Å². The molecule has 0 bridgehead atoms. The second kappa shape index (κ2) is 9.35. The van der Waals surface area contributed by atoms with Crippen LogP contribution in [0.15, 0.2) is 6.33 Å². The van der Waals surface area contributed by atoms with Gasteiger partial charge in [-0.2, -0.15) is 4.39 Å². The van der Waals surface area contributed by atoms with Crippen LogP contribution in [0.5, 0.6) is 0 Å². The summed E-state index contributed by atoms with van der Waals surface area (Å²) in [6.45, 7) is 8.88. The summed E-state index contributed by atoms with van der Waals surface area (Å²) in [6.07, 6.45) is 7.16. The van der Waals surface area contributed by atoms with Gasteiger partial charge in [0.15, 0.2) is 11.6 Å². The summed E-state index contributed by atoms with van der Waals surface area (Å²) in [7, 11) is 0. The standard InChI is InChI=1S/C21H35FN4O2/c1-4-26(12-15-9-10-21(2,3)28-13-15)20-18(22)19(24-14-25-20)23-11-16-7-5-6-8-17(16)27/h14-17,27H,4-13H2,1-3H3,(H,23,24,25)/t15-,16+,17-/m1/s1. The van der Waals surface area contributed by atoms with E-state index in [1.165, 1.54) is 6.33 Å². The highest BCUT2D eigenvalue weighted by Gasteiger charge is 2.29. The number of aromatic nitrogens is 2. The molecule has 1 aromatic heterocycles. The van der Waals surface area contributed by atoms with Gasteiger partial charge in [-0.05, 0) is 52.4 Å². The maximum atomic E-state index is 15.1. The molecule has 2 fully saturated rings. The fraction of sp³-hybridized carbons (Fsp3) is 0.810. The predicted octanol–water partition coefficient (Wildman–Crippen LogP) is 3.61. The highest BCUT2D eigenvalue weighted by atomic mass is 19.1. The van der Waals surface area contributed by atoms with Crippen LogP contribution in [0, 0.1) is 17.7 Å². The van der Waals surface area contributed by atoms with Crippen molar-refractivity contribution >= 4 is 11.6 Å². The maximum Gasteiger partial charge on any atom is 0.207 e. The molecule has 0 amide bonds. The molecule has 28 heavy (non-hydrogen) atoms. The zero-order chi connectivity index (χ0) is 20.1. The molecule has 0 unspecified atom stereocenters. The van der Waals surface area contributed by atoms with Gasteiger partial charge >= 0.3 is 0 Å². The van der Waals surface area contributed by atoms with E-state index in [1.54, 1.807) is 0 Å². The number of ether oxygens (including phenoxy) is 1. The van der Waals surface area contributed by atoms with Crippen LogP contribution in [-0.4, -0.2) is 53.0 Å². The number of aliphatic hydroxyl groups is 1. The first-order chi connectivity index (χ1) is 13.4. The molecule has 158 valence electrons. The number of hydrogen-bond donors (Lipinski definition) is 2. The fourth-order valence-corrected chi connectivity index (χ4v) is 4.23. The van der Waals surface area contributed by atoms with Gasteiger partial charge in [0.05, 0.1) is 18.3 Å². The molecule has 1 aliphatic carbocycles.